The van der Waals surface area contributed by atoms with Crippen molar-refractivity contribution in [3.63, 3.8) is 0 Å². The smallest absolute Gasteiger partial charge is 0.220 e. The summed E-state index contributed by atoms with van der Waals surface area (Å²) in [5.41, 5.74) is 2.05. The number of thiazole rings is 1. The Morgan fingerprint density at radius 1 is 1.50 bits per heavy atom. The van der Waals surface area contributed by atoms with E-state index in [-0.39, 0.29) is 11.9 Å². The zero-order chi connectivity index (χ0) is 14.7. The standard InChI is InChI=1S/C14H20N4OS/c1-9(14-10(2)20-11(3)17-14)16-13(19)6-5-12-7-15-18(4)8-12/h7-9H,5-6H2,1-4H3,(H,16,19)/t9-/m0/s1. The molecular weight excluding hydrogens is 272 g/mol. The molecule has 0 unspecified atom stereocenters. The molecule has 0 aliphatic carbocycles. The Labute approximate surface area is 123 Å². The Morgan fingerprint density at radius 3 is 2.80 bits per heavy atom. The first-order valence-corrected chi connectivity index (χ1v) is 7.48. The van der Waals surface area contributed by atoms with Gasteiger partial charge in [-0.2, -0.15) is 5.10 Å². The first-order valence-electron chi connectivity index (χ1n) is 6.66. The highest BCUT2D eigenvalue weighted by Crippen LogP contribution is 2.22. The topological polar surface area (TPSA) is 59.8 Å². The molecule has 1 N–H and O–H groups in total. The van der Waals surface area contributed by atoms with E-state index in [1.807, 2.05) is 34.0 Å². The summed E-state index contributed by atoms with van der Waals surface area (Å²) in [6.45, 7) is 6.00. The maximum Gasteiger partial charge on any atom is 0.220 e. The van der Waals surface area contributed by atoms with Gasteiger partial charge in [0.15, 0.2) is 0 Å². The van der Waals surface area contributed by atoms with Crippen LogP contribution < -0.4 is 5.32 Å². The maximum absolute atomic E-state index is 12.0. The Morgan fingerprint density at radius 2 is 2.25 bits per heavy atom. The van der Waals surface area contributed by atoms with Crippen molar-refractivity contribution < 1.29 is 4.79 Å². The van der Waals surface area contributed by atoms with Gasteiger partial charge in [-0.05, 0) is 32.8 Å². The van der Waals surface area contributed by atoms with Crippen molar-refractivity contribution in [2.24, 2.45) is 7.05 Å². The van der Waals surface area contributed by atoms with Gasteiger partial charge in [-0.3, -0.25) is 9.48 Å². The maximum atomic E-state index is 12.0. The minimum absolute atomic E-state index is 0.0404. The highest BCUT2D eigenvalue weighted by molar-refractivity contribution is 7.11. The van der Waals surface area contributed by atoms with Crippen LogP contribution in [0.25, 0.3) is 0 Å². The van der Waals surface area contributed by atoms with Crippen LogP contribution in [0.15, 0.2) is 12.4 Å². The number of nitrogens with one attached hydrogen (secondary N) is 1. The monoisotopic (exact) mass is 292 g/mol. The predicted molar refractivity (Wildman–Crippen MR) is 79.7 cm³/mol. The molecule has 0 radical (unpaired) electrons. The number of aryl methyl sites for hydroxylation is 4. The third kappa shape index (κ3) is 3.66. The first kappa shape index (κ1) is 14.7. The van der Waals surface area contributed by atoms with Gasteiger partial charge in [0.05, 0.1) is 22.9 Å². The number of carbonyl (C=O) groups is 1. The number of rotatable bonds is 5. The Balaban J connectivity index is 1.86. The van der Waals surface area contributed by atoms with Gasteiger partial charge in [0.2, 0.25) is 5.91 Å². The highest BCUT2D eigenvalue weighted by Gasteiger charge is 2.15. The molecule has 108 valence electrons. The second-order valence-electron chi connectivity index (χ2n) is 4.99. The van der Waals surface area contributed by atoms with Gasteiger partial charge in [0, 0.05) is 24.5 Å². The Kier molecular flexibility index (Phi) is 4.54. The summed E-state index contributed by atoms with van der Waals surface area (Å²) in [5.74, 6) is 0.0476. The van der Waals surface area contributed by atoms with Crippen molar-refractivity contribution in [1.82, 2.24) is 20.1 Å². The van der Waals surface area contributed by atoms with E-state index < -0.39 is 0 Å². The Hall–Kier alpha value is -1.69. The van der Waals surface area contributed by atoms with E-state index in [4.69, 9.17) is 0 Å². The van der Waals surface area contributed by atoms with Crippen molar-refractivity contribution in [3.05, 3.63) is 33.5 Å². The van der Waals surface area contributed by atoms with Crippen LogP contribution in [0.2, 0.25) is 0 Å². The van der Waals surface area contributed by atoms with Crippen LogP contribution in [0.1, 0.15) is 40.5 Å². The molecular formula is C14H20N4OS. The van der Waals surface area contributed by atoms with E-state index in [0.29, 0.717) is 12.8 Å². The Bertz CT molecular complexity index is 602. The van der Waals surface area contributed by atoms with Crippen LogP contribution in [0.5, 0.6) is 0 Å². The summed E-state index contributed by atoms with van der Waals surface area (Å²) in [5, 5.41) is 8.14. The normalized spacial score (nSPS) is 12.4. The average Bonchev–Trinajstić information content (AvgIpc) is 2.92. The molecule has 0 bridgehead atoms. The van der Waals surface area contributed by atoms with Gasteiger partial charge in [-0.15, -0.1) is 11.3 Å². The van der Waals surface area contributed by atoms with Crippen LogP contribution in [-0.2, 0) is 18.3 Å². The molecule has 6 heteroatoms. The molecule has 2 rings (SSSR count). The molecule has 0 fully saturated rings. The SMILES string of the molecule is Cc1nc([C@H](C)NC(=O)CCc2cnn(C)c2)c(C)s1. The summed E-state index contributed by atoms with van der Waals surface area (Å²) in [6, 6.07) is -0.0404. The molecule has 5 nitrogen and oxygen atoms in total. The van der Waals surface area contributed by atoms with Crippen molar-refractivity contribution in [3.8, 4) is 0 Å². The van der Waals surface area contributed by atoms with E-state index in [1.54, 1.807) is 22.2 Å². The number of carbonyl (C=O) groups excluding carboxylic acids is 1. The summed E-state index contributed by atoms with van der Waals surface area (Å²) in [4.78, 5) is 17.6. The lowest BCUT2D eigenvalue weighted by Crippen LogP contribution is -2.27. The van der Waals surface area contributed by atoms with E-state index in [1.165, 1.54) is 4.88 Å². The number of nitrogens with zero attached hydrogens (tertiary/aromatic N) is 3. The van der Waals surface area contributed by atoms with Gasteiger partial charge < -0.3 is 5.32 Å². The molecule has 0 aliphatic heterocycles. The highest BCUT2D eigenvalue weighted by atomic mass is 32.1. The fraction of sp³-hybridized carbons (Fsp3) is 0.500. The average molecular weight is 292 g/mol. The lowest BCUT2D eigenvalue weighted by atomic mass is 10.1. The zero-order valence-electron chi connectivity index (χ0n) is 12.3. The lowest BCUT2D eigenvalue weighted by molar-refractivity contribution is -0.121. The van der Waals surface area contributed by atoms with Crippen LogP contribution in [0, 0.1) is 13.8 Å². The summed E-state index contributed by atoms with van der Waals surface area (Å²) < 4.78 is 1.75. The summed E-state index contributed by atoms with van der Waals surface area (Å²) >= 11 is 1.66. The van der Waals surface area contributed by atoms with E-state index in [9.17, 15) is 4.79 Å². The number of aromatic nitrogens is 3. The molecule has 2 aromatic heterocycles. The van der Waals surface area contributed by atoms with Gasteiger partial charge in [0.1, 0.15) is 0 Å². The molecule has 1 amide bonds. The predicted octanol–water partition coefficient (Wildman–Crippen LogP) is 2.30. The lowest BCUT2D eigenvalue weighted by Gasteiger charge is -2.12. The third-order valence-corrected chi connectivity index (χ3v) is 4.03. The minimum atomic E-state index is -0.0404. The molecule has 0 saturated heterocycles. The van der Waals surface area contributed by atoms with Gasteiger partial charge in [0.25, 0.3) is 0 Å². The molecule has 0 saturated carbocycles. The molecule has 2 heterocycles. The number of hydrogen-bond acceptors (Lipinski definition) is 4. The van der Waals surface area contributed by atoms with Gasteiger partial charge >= 0.3 is 0 Å². The molecule has 0 aromatic carbocycles. The van der Waals surface area contributed by atoms with Crippen LogP contribution in [0.3, 0.4) is 0 Å². The van der Waals surface area contributed by atoms with Crippen LogP contribution in [0.4, 0.5) is 0 Å². The molecule has 2 aromatic rings. The largest absolute Gasteiger partial charge is 0.348 e. The van der Waals surface area contributed by atoms with Crippen molar-refractivity contribution in [2.45, 2.75) is 39.7 Å². The van der Waals surface area contributed by atoms with Gasteiger partial charge in [-0.25, -0.2) is 4.98 Å². The summed E-state index contributed by atoms with van der Waals surface area (Å²) in [6.07, 6.45) is 4.91. The van der Waals surface area contributed by atoms with Crippen LogP contribution in [-0.4, -0.2) is 20.7 Å². The molecule has 0 spiro atoms. The van der Waals surface area contributed by atoms with Crippen molar-refractivity contribution >= 4 is 17.2 Å². The fourth-order valence-electron chi connectivity index (χ4n) is 2.19. The molecule has 0 aliphatic rings. The molecule has 1 atom stereocenters. The van der Waals surface area contributed by atoms with Crippen molar-refractivity contribution in [1.29, 1.82) is 0 Å². The van der Waals surface area contributed by atoms with E-state index in [2.05, 4.69) is 15.4 Å². The first-order chi connectivity index (χ1) is 9.45. The third-order valence-electron chi connectivity index (χ3n) is 3.13. The minimum Gasteiger partial charge on any atom is -0.348 e. The van der Waals surface area contributed by atoms with Gasteiger partial charge in [-0.1, -0.05) is 0 Å². The second-order valence-corrected chi connectivity index (χ2v) is 6.39. The van der Waals surface area contributed by atoms with Crippen molar-refractivity contribution in [2.75, 3.05) is 0 Å². The number of amides is 1. The summed E-state index contributed by atoms with van der Waals surface area (Å²) in [7, 11) is 1.87. The molecule has 20 heavy (non-hydrogen) atoms. The van der Waals surface area contributed by atoms with Crippen LogP contribution >= 0.6 is 11.3 Å². The number of hydrogen-bond donors (Lipinski definition) is 1. The quantitative estimate of drug-likeness (QED) is 0.920. The second kappa shape index (κ2) is 6.17. The van der Waals surface area contributed by atoms with E-state index >= 15 is 0 Å². The fourth-order valence-corrected chi connectivity index (χ4v) is 3.10. The van der Waals surface area contributed by atoms with E-state index in [0.717, 1.165) is 16.3 Å². The zero-order valence-corrected chi connectivity index (χ0v) is 13.1.